The number of ether oxygens (including phenoxy) is 1. The number of hydrogen-bond acceptors (Lipinski definition) is 2. The summed E-state index contributed by atoms with van der Waals surface area (Å²) >= 11 is 5.68. The SMILES string of the molecule is COc1ccccc1CN(C(=S)NC1CC1)C1CCCC1. The molecule has 0 radical (unpaired) electrons. The predicted molar refractivity (Wildman–Crippen MR) is 89.5 cm³/mol. The maximum absolute atomic E-state index is 5.68. The van der Waals surface area contributed by atoms with Crippen molar-refractivity contribution >= 4 is 17.3 Å². The van der Waals surface area contributed by atoms with E-state index in [1.54, 1.807) is 7.11 Å². The summed E-state index contributed by atoms with van der Waals surface area (Å²) in [6.45, 7) is 0.841. The molecule has 0 atom stereocenters. The maximum atomic E-state index is 5.68. The van der Waals surface area contributed by atoms with Crippen molar-refractivity contribution in [3.05, 3.63) is 29.8 Å². The fourth-order valence-electron chi connectivity index (χ4n) is 3.08. The molecule has 4 heteroatoms. The molecule has 1 N–H and O–H groups in total. The third kappa shape index (κ3) is 3.67. The van der Waals surface area contributed by atoms with Crippen molar-refractivity contribution in [2.24, 2.45) is 0 Å². The third-order valence-corrected chi connectivity index (χ3v) is 4.82. The zero-order valence-electron chi connectivity index (χ0n) is 12.7. The van der Waals surface area contributed by atoms with Gasteiger partial charge in [0.05, 0.1) is 7.11 Å². The highest BCUT2D eigenvalue weighted by Gasteiger charge is 2.29. The van der Waals surface area contributed by atoms with E-state index in [0.29, 0.717) is 12.1 Å². The topological polar surface area (TPSA) is 24.5 Å². The summed E-state index contributed by atoms with van der Waals surface area (Å²) in [6.07, 6.45) is 7.65. The summed E-state index contributed by atoms with van der Waals surface area (Å²) < 4.78 is 5.49. The minimum absolute atomic E-state index is 0.577. The molecular formula is C17H24N2OS. The number of methoxy groups -OCH3 is 1. The van der Waals surface area contributed by atoms with Gasteiger partial charge in [0.2, 0.25) is 0 Å². The first-order chi connectivity index (χ1) is 10.3. The van der Waals surface area contributed by atoms with Crippen molar-refractivity contribution in [1.82, 2.24) is 10.2 Å². The van der Waals surface area contributed by atoms with Gasteiger partial charge in [-0.3, -0.25) is 0 Å². The van der Waals surface area contributed by atoms with Crippen molar-refractivity contribution in [3.63, 3.8) is 0 Å². The van der Waals surface area contributed by atoms with Gasteiger partial charge in [-0.2, -0.15) is 0 Å². The summed E-state index contributed by atoms with van der Waals surface area (Å²) in [7, 11) is 1.74. The second-order valence-corrected chi connectivity index (χ2v) is 6.49. The molecule has 0 aromatic heterocycles. The molecule has 3 rings (SSSR count). The molecule has 0 heterocycles. The van der Waals surface area contributed by atoms with Gasteiger partial charge in [-0.15, -0.1) is 0 Å². The third-order valence-electron chi connectivity index (χ3n) is 4.46. The van der Waals surface area contributed by atoms with E-state index < -0.39 is 0 Å². The molecule has 0 aliphatic heterocycles. The minimum Gasteiger partial charge on any atom is -0.496 e. The van der Waals surface area contributed by atoms with Gasteiger partial charge in [-0.25, -0.2) is 0 Å². The number of benzene rings is 1. The van der Waals surface area contributed by atoms with Gasteiger partial charge < -0.3 is 15.0 Å². The van der Waals surface area contributed by atoms with Crippen LogP contribution in [0.4, 0.5) is 0 Å². The van der Waals surface area contributed by atoms with Gasteiger partial charge in [-0.1, -0.05) is 31.0 Å². The second-order valence-electron chi connectivity index (χ2n) is 6.10. The van der Waals surface area contributed by atoms with E-state index in [0.717, 1.165) is 17.4 Å². The quantitative estimate of drug-likeness (QED) is 0.842. The second kappa shape index (κ2) is 6.65. The number of rotatable bonds is 5. The number of hydrogen-bond donors (Lipinski definition) is 1. The van der Waals surface area contributed by atoms with E-state index in [9.17, 15) is 0 Å². The van der Waals surface area contributed by atoms with Crippen molar-refractivity contribution in [1.29, 1.82) is 0 Å². The Kier molecular flexibility index (Phi) is 4.63. The lowest BCUT2D eigenvalue weighted by Gasteiger charge is -2.32. The zero-order valence-corrected chi connectivity index (χ0v) is 13.5. The molecule has 3 nitrogen and oxygen atoms in total. The standard InChI is InChI=1S/C17H24N2OS/c1-20-16-9-5-2-6-13(16)12-19(15-7-3-4-8-15)17(21)18-14-10-11-14/h2,5-6,9,14-15H,3-4,7-8,10-12H2,1H3,(H,18,21). The monoisotopic (exact) mass is 304 g/mol. The molecule has 0 spiro atoms. The van der Waals surface area contributed by atoms with E-state index in [2.05, 4.69) is 22.3 Å². The summed E-state index contributed by atoms with van der Waals surface area (Å²) in [5.41, 5.74) is 1.21. The lowest BCUT2D eigenvalue weighted by atomic mass is 10.1. The average molecular weight is 304 g/mol. The van der Waals surface area contributed by atoms with Gasteiger partial charge in [0, 0.05) is 24.2 Å². The fourth-order valence-corrected chi connectivity index (χ4v) is 3.47. The van der Waals surface area contributed by atoms with Crippen LogP contribution in [0.1, 0.15) is 44.1 Å². The summed E-state index contributed by atoms with van der Waals surface area (Å²) in [6, 6.07) is 9.44. The van der Waals surface area contributed by atoms with Crippen molar-refractivity contribution in [2.45, 2.75) is 57.2 Å². The average Bonchev–Trinajstić information content (AvgIpc) is 3.15. The number of para-hydroxylation sites is 1. The first-order valence-electron chi connectivity index (χ1n) is 7.97. The molecule has 2 aliphatic rings. The molecule has 0 amide bonds. The summed E-state index contributed by atoms with van der Waals surface area (Å²) in [5.74, 6) is 0.953. The van der Waals surface area contributed by atoms with Crippen LogP contribution in [0.2, 0.25) is 0 Å². The van der Waals surface area contributed by atoms with Crippen LogP contribution in [0.25, 0.3) is 0 Å². The van der Waals surface area contributed by atoms with Crippen LogP contribution in [-0.2, 0) is 6.54 Å². The molecule has 2 aliphatic carbocycles. The van der Waals surface area contributed by atoms with Crippen LogP contribution in [-0.4, -0.2) is 29.2 Å². The van der Waals surface area contributed by atoms with Crippen LogP contribution in [0.15, 0.2) is 24.3 Å². The zero-order chi connectivity index (χ0) is 14.7. The Hall–Kier alpha value is -1.29. The highest BCUT2D eigenvalue weighted by atomic mass is 32.1. The highest BCUT2D eigenvalue weighted by Crippen LogP contribution is 2.28. The number of thiocarbonyl (C=S) groups is 1. The smallest absolute Gasteiger partial charge is 0.169 e. The molecule has 0 saturated heterocycles. The molecule has 114 valence electrons. The minimum atomic E-state index is 0.577. The molecule has 2 saturated carbocycles. The summed E-state index contributed by atoms with van der Waals surface area (Å²) in [5, 5.41) is 4.43. The van der Waals surface area contributed by atoms with Gasteiger partial charge in [0.1, 0.15) is 5.75 Å². The Morgan fingerprint density at radius 3 is 2.62 bits per heavy atom. The number of nitrogens with zero attached hydrogens (tertiary/aromatic N) is 1. The van der Waals surface area contributed by atoms with Crippen molar-refractivity contribution < 1.29 is 4.74 Å². The van der Waals surface area contributed by atoms with Crippen molar-refractivity contribution in [3.8, 4) is 5.75 Å². The molecule has 2 fully saturated rings. The predicted octanol–water partition coefficient (Wildman–Crippen LogP) is 3.48. The Labute approximate surface area is 132 Å². The first-order valence-corrected chi connectivity index (χ1v) is 8.38. The van der Waals surface area contributed by atoms with Crippen LogP contribution in [0.3, 0.4) is 0 Å². The summed E-state index contributed by atoms with van der Waals surface area (Å²) in [4.78, 5) is 2.39. The largest absolute Gasteiger partial charge is 0.496 e. The lowest BCUT2D eigenvalue weighted by molar-refractivity contribution is 0.297. The Morgan fingerprint density at radius 1 is 1.24 bits per heavy atom. The van der Waals surface area contributed by atoms with Gasteiger partial charge in [-0.05, 0) is 44.0 Å². The fraction of sp³-hybridized carbons (Fsp3) is 0.588. The van der Waals surface area contributed by atoms with E-state index in [1.807, 2.05) is 12.1 Å². The number of nitrogens with one attached hydrogen (secondary N) is 1. The molecular weight excluding hydrogens is 280 g/mol. The Morgan fingerprint density at radius 2 is 1.95 bits per heavy atom. The lowest BCUT2D eigenvalue weighted by Crippen LogP contribution is -2.45. The van der Waals surface area contributed by atoms with Gasteiger partial charge in [0.15, 0.2) is 5.11 Å². The van der Waals surface area contributed by atoms with Gasteiger partial charge in [0.25, 0.3) is 0 Å². The molecule has 0 bridgehead atoms. The molecule has 1 aromatic rings. The van der Waals surface area contributed by atoms with Crippen LogP contribution in [0, 0.1) is 0 Å². The maximum Gasteiger partial charge on any atom is 0.169 e. The molecule has 1 aromatic carbocycles. The molecule has 0 unspecified atom stereocenters. The first kappa shape index (κ1) is 14.6. The van der Waals surface area contributed by atoms with Crippen molar-refractivity contribution in [2.75, 3.05) is 7.11 Å². The van der Waals surface area contributed by atoms with Gasteiger partial charge >= 0.3 is 0 Å². The van der Waals surface area contributed by atoms with E-state index in [4.69, 9.17) is 17.0 Å². The molecule has 21 heavy (non-hydrogen) atoms. The van der Waals surface area contributed by atoms with E-state index in [-0.39, 0.29) is 0 Å². The van der Waals surface area contributed by atoms with E-state index in [1.165, 1.54) is 44.1 Å². The van der Waals surface area contributed by atoms with Crippen LogP contribution < -0.4 is 10.1 Å². The van der Waals surface area contributed by atoms with Crippen LogP contribution in [0.5, 0.6) is 5.75 Å². The van der Waals surface area contributed by atoms with E-state index >= 15 is 0 Å². The normalized spacial score (nSPS) is 18.5. The van der Waals surface area contributed by atoms with Crippen LogP contribution >= 0.6 is 12.2 Å². The Balaban J connectivity index is 1.75. The Bertz CT molecular complexity index is 495. The highest BCUT2D eigenvalue weighted by molar-refractivity contribution is 7.80.